The van der Waals surface area contributed by atoms with Crippen LogP contribution in [0, 0.1) is 5.82 Å². The monoisotopic (exact) mass is 603 g/mol. The Morgan fingerprint density at radius 1 is 1.13 bits per heavy atom. The van der Waals surface area contributed by atoms with Gasteiger partial charge in [-0.3, -0.25) is 9.59 Å². The molecule has 0 unspecified atom stereocenters. The summed E-state index contributed by atoms with van der Waals surface area (Å²) in [6, 6.07) is 12.5. The molecule has 3 aromatic rings. The lowest BCUT2D eigenvalue weighted by molar-refractivity contribution is -0.143. The topological polar surface area (TPSA) is 78.0 Å². The molecule has 1 aliphatic rings. The van der Waals surface area contributed by atoms with Gasteiger partial charge >= 0.3 is 11.8 Å². The van der Waals surface area contributed by atoms with Crippen LogP contribution in [0.2, 0.25) is 5.02 Å². The fourth-order valence-electron chi connectivity index (χ4n) is 4.05. The number of benzene rings is 2. The molecule has 1 fully saturated rings. The molecule has 2 heterocycles. The molecule has 0 aliphatic carbocycles. The minimum atomic E-state index is -0.807. The summed E-state index contributed by atoms with van der Waals surface area (Å²) in [6.45, 7) is 5.18. The van der Waals surface area contributed by atoms with Crippen molar-refractivity contribution in [2.45, 2.75) is 13.5 Å². The smallest absolute Gasteiger partial charge is 0.314 e. The molecule has 0 atom stereocenters. The van der Waals surface area contributed by atoms with Gasteiger partial charge in [-0.15, -0.1) is 0 Å². The maximum absolute atomic E-state index is 14.1. The van der Waals surface area contributed by atoms with E-state index in [1.54, 1.807) is 43.5 Å². The minimum Gasteiger partial charge on any atom is -0.457 e. The number of anilines is 2. The molecule has 200 valence electrons. The van der Waals surface area contributed by atoms with Gasteiger partial charge in [0.2, 0.25) is 0 Å². The number of nitrogens with zero attached hydrogens (tertiary/aromatic N) is 4. The van der Waals surface area contributed by atoms with Crippen LogP contribution in [0.1, 0.15) is 12.5 Å². The first kappa shape index (κ1) is 27.8. The lowest BCUT2D eigenvalue weighted by Crippen LogP contribution is -2.45. The number of rotatable bonds is 7. The SMILES string of the molecule is CCN(Cc1cc(F)ccc1Oc1ccc(Cl)cc1)C(=O)C(=O)Nc1cc(Br)cnc1N1CCN(C)CC1. The number of nitrogens with one attached hydrogen (secondary N) is 1. The van der Waals surface area contributed by atoms with Gasteiger partial charge in [-0.25, -0.2) is 9.37 Å². The van der Waals surface area contributed by atoms with E-state index in [-0.39, 0.29) is 13.1 Å². The van der Waals surface area contributed by atoms with Gasteiger partial charge in [-0.2, -0.15) is 0 Å². The third-order valence-corrected chi connectivity index (χ3v) is 6.86. The standard InChI is InChI=1S/C27H28BrClFN5O3/c1-3-34(17-18-14-21(30)6-9-24(18)38-22-7-4-20(29)5-8-22)27(37)26(36)32-23-15-19(28)16-31-25(23)35-12-10-33(2)11-13-35/h4-9,14-16H,3,10-13,17H2,1-2H3,(H,32,36). The molecule has 1 aliphatic heterocycles. The molecule has 0 bridgehead atoms. The van der Waals surface area contributed by atoms with Crippen LogP contribution >= 0.6 is 27.5 Å². The van der Waals surface area contributed by atoms with Crippen molar-refractivity contribution in [3.8, 4) is 11.5 Å². The molecule has 0 saturated carbocycles. The van der Waals surface area contributed by atoms with Gasteiger partial charge in [-0.05, 0) is 78.4 Å². The summed E-state index contributed by atoms with van der Waals surface area (Å²) < 4.78 is 20.7. The second-order valence-electron chi connectivity index (χ2n) is 8.90. The summed E-state index contributed by atoms with van der Waals surface area (Å²) in [4.78, 5) is 36.4. The molecule has 8 nitrogen and oxygen atoms in total. The molecular weight excluding hydrogens is 577 g/mol. The van der Waals surface area contributed by atoms with E-state index >= 15 is 0 Å². The first-order valence-corrected chi connectivity index (χ1v) is 13.3. The van der Waals surface area contributed by atoms with Crippen molar-refractivity contribution in [1.82, 2.24) is 14.8 Å². The van der Waals surface area contributed by atoms with Crippen LogP contribution in [0.5, 0.6) is 11.5 Å². The van der Waals surface area contributed by atoms with Crippen molar-refractivity contribution in [1.29, 1.82) is 0 Å². The Morgan fingerprint density at radius 3 is 2.53 bits per heavy atom. The Kier molecular flexibility index (Phi) is 9.19. The maximum Gasteiger partial charge on any atom is 0.314 e. The molecule has 1 saturated heterocycles. The number of ether oxygens (including phenoxy) is 1. The molecular formula is C27H28BrClFN5O3. The summed E-state index contributed by atoms with van der Waals surface area (Å²) in [5.41, 5.74) is 0.862. The number of pyridine rings is 1. The Balaban J connectivity index is 1.50. The molecule has 0 spiro atoms. The molecule has 0 radical (unpaired) electrons. The fourth-order valence-corrected chi connectivity index (χ4v) is 4.50. The van der Waals surface area contributed by atoms with E-state index in [1.807, 2.05) is 0 Å². The zero-order valence-electron chi connectivity index (χ0n) is 21.1. The van der Waals surface area contributed by atoms with E-state index in [0.717, 1.165) is 26.2 Å². The van der Waals surface area contributed by atoms with Crippen molar-refractivity contribution in [2.24, 2.45) is 0 Å². The highest BCUT2D eigenvalue weighted by Crippen LogP contribution is 2.30. The van der Waals surface area contributed by atoms with Crippen molar-refractivity contribution in [3.63, 3.8) is 0 Å². The Labute approximate surface area is 234 Å². The second kappa shape index (κ2) is 12.6. The summed E-state index contributed by atoms with van der Waals surface area (Å²) in [6.07, 6.45) is 1.66. The molecule has 1 N–H and O–H groups in total. The van der Waals surface area contributed by atoms with Gasteiger partial charge in [0.15, 0.2) is 5.82 Å². The minimum absolute atomic E-state index is 0.0223. The van der Waals surface area contributed by atoms with Crippen molar-refractivity contribution in [2.75, 3.05) is 50.0 Å². The zero-order valence-corrected chi connectivity index (χ0v) is 23.4. The van der Waals surface area contributed by atoms with Gasteiger partial charge in [0.1, 0.15) is 17.3 Å². The van der Waals surface area contributed by atoms with E-state index < -0.39 is 17.6 Å². The molecule has 38 heavy (non-hydrogen) atoms. The Hall–Kier alpha value is -3.21. The van der Waals surface area contributed by atoms with Crippen molar-refractivity contribution < 1.29 is 18.7 Å². The van der Waals surface area contributed by atoms with Crippen LogP contribution in [0.15, 0.2) is 59.2 Å². The number of amides is 2. The second-order valence-corrected chi connectivity index (χ2v) is 10.2. The zero-order chi connectivity index (χ0) is 27.2. The van der Waals surface area contributed by atoms with Gasteiger partial charge in [-0.1, -0.05) is 11.6 Å². The predicted octanol–water partition coefficient (Wildman–Crippen LogP) is 5.17. The number of carbonyl (C=O) groups is 2. The lowest BCUT2D eigenvalue weighted by atomic mass is 10.1. The highest BCUT2D eigenvalue weighted by molar-refractivity contribution is 9.10. The van der Waals surface area contributed by atoms with Gasteiger partial charge in [0, 0.05) is 60.5 Å². The van der Waals surface area contributed by atoms with E-state index in [2.05, 4.69) is 43.1 Å². The number of carbonyl (C=O) groups excluding carboxylic acids is 2. The number of hydrogen-bond donors (Lipinski definition) is 1. The van der Waals surface area contributed by atoms with Crippen molar-refractivity contribution >= 4 is 50.9 Å². The lowest BCUT2D eigenvalue weighted by Gasteiger charge is -2.34. The predicted molar refractivity (Wildman–Crippen MR) is 149 cm³/mol. The third-order valence-electron chi connectivity index (χ3n) is 6.17. The number of halogens is 3. The van der Waals surface area contributed by atoms with Crippen LogP contribution in [0.25, 0.3) is 0 Å². The van der Waals surface area contributed by atoms with E-state index in [0.29, 0.717) is 38.1 Å². The summed E-state index contributed by atoms with van der Waals surface area (Å²) in [7, 11) is 2.05. The first-order chi connectivity index (χ1) is 18.2. The van der Waals surface area contributed by atoms with Gasteiger partial charge in [0.25, 0.3) is 0 Å². The molecule has 1 aromatic heterocycles. The fraction of sp³-hybridized carbons (Fsp3) is 0.296. The molecule has 11 heteroatoms. The largest absolute Gasteiger partial charge is 0.457 e. The van der Waals surface area contributed by atoms with E-state index in [9.17, 15) is 14.0 Å². The number of hydrogen-bond acceptors (Lipinski definition) is 6. The van der Waals surface area contributed by atoms with E-state index in [1.165, 1.54) is 23.1 Å². The van der Waals surface area contributed by atoms with Crippen LogP contribution in [0.3, 0.4) is 0 Å². The molecule has 2 aromatic carbocycles. The van der Waals surface area contributed by atoms with Crippen LogP contribution < -0.4 is 15.0 Å². The first-order valence-electron chi connectivity index (χ1n) is 12.1. The summed E-state index contributed by atoms with van der Waals surface area (Å²) >= 11 is 9.34. The normalized spacial score (nSPS) is 13.8. The third kappa shape index (κ3) is 7.00. The summed E-state index contributed by atoms with van der Waals surface area (Å²) in [5.74, 6) is -0.554. The molecule has 2 amide bonds. The maximum atomic E-state index is 14.1. The molecule has 4 rings (SSSR count). The van der Waals surface area contributed by atoms with Gasteiger partial charge in [0.05, 0.1) is 5.69 Å². The average Bonchev–Trinajstić information content (AvgIpc) is 2.90. The van der Waals surface area contributed by atoms with Crippen LogP contribution in [-0.4, -0.2) is 66.4 Å². The number of piperazine rings is 1. The van der Waals surface area contributed by atoms with Crippen LogP contribution in [-0.2, 0) is 16.1 Å². The number of likely N-dealkylation sites (N-methyl/N-ethyl adjacent to an activating group) is 2. The Morgan fingerprint density at radius 2 is 1.84 bits per heavy atom. The number of aromatic nitrogens is 1. The van der Waals surface area contributed by atoms with Gasteiger partial charge < -0.3 is 24.8 Å². The van der Waals surface area contributed by atoms with E-state index in [4.69, 9.17) is 16.3 Å². The summed E-state index contributed by atoms with van der Waals surface area (Å²) in [5, 5.41) is 3.29. The van der Waals surface area contributed by atoms with Crippen molar-refractivity contribution in [3.05, 3.63) is 75.6 Å². The van der Waals surface area contributed by atoms with Crippen LogP contribution in [0.4, 0.5) is 15.9 Å². The Bertz CT molecular complexity index is 1300. The highest BCUT2D eigenvalue weighted by Gasteiger charge is 2.25. The quantitative estimate of drug-likeness (QED) is 0.375. The average molecular weight is 605 g/mol. The highest BCUT2D eigenvalue weighted by atomic mass is 79.9.